The van der Waals surface area contributed by atoms with Crippen molar-refractivity contribution in [1.29, 1.82) is 0 Å². The second kappa shape index (κ2) is 12.4. The van der Waals surface area contributed by atoms with Crippen molar-refractivity contribution in [2.24, 2.45) is 0 Å². The number of benzene rings is 4. The number of carbonyl (C=O) groups excluding carboxylic acids is 3. The zero-order chi connectivity index (χ0) is 32.5. The Hall–Kier alpha value is -5.09. The van der Waals surface area contributed by atoms with Gasteiger partial charge in [0.25, 0.3) is 0 Å². The largest absolute Gasteiger partial charge is 0.531 e. The van der Waals surface area contributed by atoms with Gasteiger partial charge in [0.2, 0.25) is 5.91 Å². The number of hydrogen-bond acceptors (Lipinski definition) is 7. The lowest BCUT2D eigenvalue weighted by Gasteiger charge is -2.31. The van der Waals surface area contributed by atoms with Crippen molar-refractivity contribution in [1.82, 2.24) is 10.6 Å². The summed E-state index contributed by atoms with van der Waals surface area (Å²) >= 11 is 0. The number of hydrogen-bond donors (Lipinski definition) is 2. The highest BCUT2D eigenvalue weighted by molar-refractivity contribution is 6.93. The first-order valence-electron chi connectivity index (χ1n) is 15.2. The summed E-state index contributed by atoms with van der Waals surface area (Å²) in [6.45, 7) is 5.24. The molecule has 0 aromatic heterocycles. The highest BCUT2D eigenvalue weighted by atomic mass is 28.4. The Bertz CT molecular complexity index is 1730. The van der Waals surface area contributed by atoms with Crippen LogP contribution in [0.15, 0.2) is 97.1 Å². The second-order valence-electron chi connectivity index (χ2n) is 12.4. The molecule has 0 fully saturated rings. The smallest absolute Gasteiger partial charge is 0.505 e. The molecule has 0 aliphatic carbocycles. The first-order chi connectivity index (χ1) is 22.0. The van der Waals surface area contributed by atoms with E-state index < -0.39 is 44.2 Å². The van der Waals surface area contributed by atoms with Crippen molar-refractivity contribution in [3.05, 3.63) is 108 Å². The van der Waals surface area contributed by atoms with Gasteiger partial charge in [0, 0.05) is 34.3 Å². The van der Waals surface area contributed by atoms with Crippen LogP contribution in [-0.2, 0) is 31.9 Å². The lowest BCUT2D eigenvalue weighted by Crippen LogP contribution is -2.68. The van der Waals surface area contributed by atoms with Gasteiger partial charge < -0.3 is 29.0 Å². The fraction of sp³-hybridized carbons (Fsp3) is 0.250. The van der Waals surface area contributed by atoms with Crippen LogP contribution in [0.4, 0.5) is 4.79 Å². The first kappa shape index (κ1) is 30.9. The Morgan fingerprint density at radius 2 is 1.33 bits per heavy atom. The topological polar surface area (TPSA) is 112 Å². The number of amides is 2. The van der Waals surface area contributed by atoms with E-state index >= 15 is 0 Å². The van der Waals surface area contributed by atoms with E-state index in [1.54, 1.807) is 20.8 Å². The van der Waals surface area contributed by atoms with E-state index in [1.807, 2.05) is 97.1 Å². The summed E-state index contributed by atoms with van der Waals surface area (Å²) in [4.78, 5) is 39.4. The van der Waals surface area contributed by atoms with E-state index in [4.69, 9.17) is 18.3 Å². The zero-order valence-electron chi connectivity index (χ0n) is 26.2. The minimum absolute atomic E-state index is 0.127. The summed E-state index contributed by atoms with van der Waals surface area (Å²) in [6, 6.07) is 29.4. The molecule has 2 amide bonds. The Kier molecular flexibility index (Phi) is 8.31. The summed E-state index contributed by atoms with van der Waals surface area (Å²) in [5.74, 6) is 0.127. The molecule has 0 radical (unpaired) electrons. The summed E-state index contributed by atoms with van der Waals surface area (Å²) in [5.41, 5.74) is 2.35. The van der Waals surface area contributed by atoms with Gasteiger partial charge in [-0.15, -0.1) is 0 Å². The van der Waals surface area contributed by atoms with E-state index in [2.05, 4.69) is 10.6 Å². The number of methoxy groups -OCH3 is 1. The molecule has 10 heteroatoms. The molecule has 236 valence electrons. The lowest BCUT2D eigenvalue weighted by atomic mass is 9.94. The average Bonchev–Trinajstić information content (AvgIpc) is 3.18. The van der Waals surface area contributed by atoms with Gasteiger partial charge in [-0.1, -0.05) is 72.8 Å². The molecule has 4 bridgehead atoms. The SMILES string of the molecule is COC(=O)[C@@H]1Cc2ccc3c(c2)-c2cc(ccc2O[Si](c2ccccc2)(c2ccccc2)O3)C[C@H](NC(=O)OC(C)(C)C)C(=O)N1. The van der Waals surface area contributed by atoms with Gasteiger partial charge in [0.1, 0.15) is 29.2 Å². The third-order valence-electron chi connectivity index (χ3n) is 7.88. The maximum atomic E-state index is 13.6. The van der Waals surface area contributed by atoms with Crippen molar-refractivity contribution in [2.45, 2.75) is 51.3 Å². The fourth-order valence-electron chi connectivity index (χ4n) is 5.79. The minimum Gasteiger partial charge on any atom is -0.505 e. The number of nitrogens with one attached hydrogen (secondary N) is 2. The van der Waals surface area contributed by atoms with Crippen LogP contribution >= 0.6 is 0 Å². The predicted octanol–water partition coefficient (Wildman–Crippen LogP) is 4.03. The Morgan fingerprint density at radius 1 is 0.804 bits per heavy atom. The summed E-state index contributed by atoms with van der Waals surface area (Å²) < 4.78 is 24.6. The molecule has 0 unspecified atom stereocenters. The molecule has 4 aromatic carbocycles. The molecule has 46 heavy (non-hydrogen) atoms. The van der Waals surface area contributed by atoms with Gasteiger partial charge in [-0.05, 0) is 56.2 Å². The third-order valence-corrected chi connectivity index (χ3v) is 11.1. The molecule has 2 aliphatic rings. The van der Waals surface area contributed by atoms with E-state index in [-0.39, 0.29) is 12.8 Å². The molecule has 2 heterocycles. The summed E-state index contributed by atoms with van der Waals surface area (Å²) in [7, 11) is -2.09. The van der Waals surface area contributed by atoms with Gasteiger partial charge in [-0.2, -0.15) is 0 Å². The number of ether oxygens (including phenoxy) is 2. The molecular formula is C36H36N2O7Si. The lowest BCUT2D eigenvalue weighted by molar-refractivity contribution is -0.145. The Morgan fingerprint density at radius 3 is 1.83 bits per heavy atom. The van der Waals surface area contributed by atoms with Gasteiger partial charge in [-0.3, -0.25) is 4.79 Å². The quantitative estimate of drug-likeness (QED) is 0.257. The molecule has 9 nitrogen and oxygen atoms in total. The molecule has 2 aliphatic heterocycles. The molecule has 0 spiro atoms. The third kappa shape index (κ3) is 6.34. The van der Waals surface area contributed by atoms with Crippen LogP contribution in [0.2, 0.25) is 0 Å². The highest BCUT2D eigenvalue weighted by Gasteiger charge is 2.49. The molecule has 6 rings (SSSR count). The fourth-order valence-corrected chi connectivity index (χ4v) is 8.88. The van der Waals surface area contributed by atoms with Crippen LogP contribution < -0.4 is 29.9 Å². The highest BCUT2D eigenvalue weighted by Crippen LogP contribution is 2.43. The maximum Gasteiger partial charge on any atom is 0.531 e. The molecule has 2 atom stereocenters. The number of carbonyl (C=O) groups is 3. The van der Waals surface area contributed by atoms with E-state index in [1.165, 1.54) is 7.11 Å². The van der Waals surface area contributed by atoms with Crippen LogP contribution in [0.25, 0.3) is 11.1 Å². The molecule has 0 saturated carbocycles. The monoisotopic (exact) mass is 636 g/mol. The number of esters is 1. The van der Waals surface area contributed by atoms with Crippen LogP contribution in [-0.4, -0.2) is 51.3 Å². The average molecular weight is 637 g/mol. The Balaban J connectivity index is 1.52. The van der Waals surface area contributed by atoms with Gasteiger partial charge in [0.05, 0.1) is 7.11 Å². The summed E-state index contributed by atoms with van der Waals surface area (Å²) in [6.07, 6.45) is -0.460. The Labute approximate surface area is 269 Å². The molecule has 4 aromatic rings. The molecule has 2 N–H and O–H groups in total. The van der Waals surface area contributed by atoms with Gasteiger partial charge in [-0.25, -0.2) is 9.59 Å². The van der Waals surface area contributed by atoms with Crippen LogP contribution in [0.1, 0.15) is 31.9 Å². The van der Waals surface area contributed by atoms with Crippen molar-refractivity contribution in [3.8, 4) is 22.6 Å². The van der Waals surface area contributed by atoms with Crippen molar-refractivity contribution in [2.75, 3.05) is 7.11 Å². The van der Waals surface area contributed by atoms with E-state index in [0.29, 0.717) is 11.5 Å². The van der Waals surface area contributed by atoms with Crippen molar-refractivity contribution >= 4 is 36.9 Å². The van der Waals surface area contributed by atoms with Crippen LogP contribution in [0, 0.1) is 0 Å². The van der Waals surface area contributed by atoms with Crippen molar-refractivity contribution < 1.29 is 32.7 Å². The van der Waals surface area contributed by atoms with Gasteiger partial charge in [0.15, 0.2) is 0 Å². The molecular weight excluding hydrogens is 600 g/mol. The minimum atomic E-state index is -3.37. The van der Waals surface area contributed by atoms with E-state index in [0.717, 1.165) is 32.6 Å². The van der Waals surface area contributed by atoms with Gasteiger partial charge >= 0.3 is 20.6 Å². The number of rotatable bonds is 4. The summed E-state index contributed by atoms with van der Waals surface area (Å²) in [5, 5.41) is 7.38. The predicted molar refractivity (Wildman–Crippen MR) is 176 cm³/mol. The second-order valence-corrected chi connectivity index (χ2v) is 15.2. The number of fused-ring (bicyclic) bond motifs is 2. The zero-order valence-corrected chi connectivity index (χ0v) is 27.2. The van der Waals surface area contributed by atoms with Crippen molar-refractivity contribution in [3.63, 3.8) is 0 Å². The van der Waals surface area contributed by atoms with Crippen LogP contribution in [0.3, 0.4) is 0 Å². The normalized spacial score (nSPS) is 18.3. The molecule has 0 saturated heterocycles. The van der Waals surface area contributed by atoms with Crippen LogP contribution in [0.5, 0.6) is 11.5 Å². The number of alkyl carbamates (subject to hydrolysis) is 1. The first-order valence-corrected chi connectivity index (χ1v) is 17.0. The van der Waals surface area contributed by atoms with E-state index in [9.17, 15) is 14.4 Å². The maximum absolute atomic E-state index is 13.6. The standard InChI is InChI=1S/C36H36N2O7Si/c1-36(2,3)43-35(41)38-29-21-23-15-17-31-27(19-23)28-20-24(22-30(34(40)42-4)37-33(29)39)16-18-32(28)45-46(44-31,25-11-7-5-8-12-25)26-13-9-6-10-14-26/h5-20,29-30H,21-22H2,1-4H3,(H,37,39)(H,38,41)/t29-,30-/m0/s1.